The van der Waals surface area contributed by atoms with Gasteiger partial charge in [-0.25, -0.2) is 13.4 Å². The van der Waals surface area contributed by atoms with E-state index in [2.05, 4.69) is 16.9 Å². The van der Waals surface area contributed by atoms with Gasteiger partial charge in [-0.15, -0.1) is 0 Å². The predicted molar refractivity (Wildman–Crippen MR) is 124 cm³/mol. The topological polar surface area (TPSA) is 107 Å². The quantitative estimate of drug-likeness (QED) is 0.542. The Balaban J connectivity index is 1.55. The number of carbonyl (C=O) groups excluding carboxylic acids is 1. The molecule has 3 rings (SSSR count). The molecule has 2 aromatic rings. The molecule has 0 aliphatic carbocycles. The highest BCUT2D eigenvalue weighted by molar-refractivity contribution is 7.93. The summed E-state index contributed by atoms with van der Waals surface area (Å²) in [6.07, 6.45) is 9.79. The molecule has 1 saturated heterocycles. The van der Waals surface area contributed by atoms with Crippen LogP contribution in [0.1, 0.15) is 17.3 Å². The van der Waals surface area contributed by atoms with E-state index in [9.17, 15) is 13.2 Å². The Hall–Kier alpha value is -2.79. The molecular weight excluding hydrogens is 430 g/mol. The van der Waals surface area contributed by atoms with E-state index in [4.69, 9.17) is 5.11 Å². The smallest absolute Gasteiger partial charge is 0.253 e. The van der Waals surface area contributed by atoms with E-state index < -0.39 is 10.0 Å². The maximum atomic E-state index is 13.0. The molecule has 3 heterocycles. The summed E-state index contributed by atoms with van der Waals surface area (Å²) in [4.78, 5) is 18.8. The van der Waals surface area contributed by atoms with Crippen molar-refractivity contribution >= 4 is 21.6 Å². The fraction of sp³-hybridized carbons (Fsp3) is 0.364. The molecule has 0 radical (unpaired) electrons. The molecule has 0 aromatic carbocycles. The Morgan fingerprint density at radius 1 is 1.25 bits per heavy atom. The van der Waals surface area contributed by atoms with Crippen LogP contribution in [0.5, 0.6) is 0 Å². The summed E-state index contributed by atoms with van der Waals surface area (Å²) in [5.74, 6) is -0.255. The zero-order chi connectivity index (χ0) is 23.1. The number of allylic oxidation sites excluding steroid dienone is 2. The van der Waals surface area contributed by atoms with Gasteiger partial charge >= 0.3 is 0 Å². The number of fused-ring (bicyclic) bond motifs is 1. The van der Waals surface area contributed by atoms with Gasteiger partial charge in [-0.3, -0.25) is 9.69 Å². The zero-order valence-corrected chi connectivity index (χ0v) is 19.0. The van der Waals surface area contributed by atoms with E-state index in [-0.39, 0.29) is 24.0 Å². The molecule has 2 aromatic heterocycles. The number of aliphatic hydroxyl groups is 1. The van der Waals surface area contributed by atoms with Crippen molar-refractivity contribution in [2.24, 2.45) is 0 Å². The fourth-order valence-corrected chi connectivity index (χ4v) is 4.90. The molecule has 1 fully saturated rings. The van der Waals surface area contributed by atoms with Gasteiger partial charge in [0.1, 0.15) is 5.65 Å². The molecule has 172 valence electrons. The van der Waals surface area contributed by atoms with Crippen molar-refractivity contribution in [2.45, 2.75) is 6.92 Å². The van der Waals surface area contributed by atoms with Crippen molar-refractivity contribution in [2.75, 3.05) is 45.9 Å². The highest BCUT2D eigenvalue weighted by Crippen LogP contribution is 2.17. The first-order valence-corrected chi connectivity index (χ1v) is 11.9. The molecule has 0 bridgehead atoms. The Kier molecular flexibility index (Phi) is 7.97. The van der Waals surface area contributed by atoms with Gasteiger partial charge in [0.15, 0.2) is 0 Å². The maximum absolute atomic E-state index is 13.0. The first kappa shape index (κ1) is 23.9. The first-order valence-electron chi connectivity index (χ1n) is 10.4. The molecular formula is C22H29N5O4S. The normalized spacial score (nSPS) is 16.6. The number of hydrogen-bond acceptors (Lipinski definition) is 6. The van der Waals surface area contributed by atoms with Gasteiger partial charge in [0.05, 0.1) is 17.1 Å². The molecule has 1 aliphatic heterocycles. The highest BCUT2D eigenvalue weighted by Gasteiger charge is 2.28. The number of aromatic nitrogens is 2. The minimum Gasteiger partial charge on any atom is -0.395 e. The zero-order valence-electron chi connectivity index (χ0n) is 18.1. The number of hydrogen-bond donors (Lipinski definition) is 2. The third-order valence-electron chi connectivity index (χ3n) is 5.28. The van der Waals surface area contributed by atoms with Gasteiger partial charge < -0.3 is 14.8 Å². The number of aliphatic hydroxyl groups excluding tert-OH is 1. The van der Waals surface area contributed by atoms with Crippen LogP contribution in [0.3, 0.4) is 0 Å². The average molecular weight is 460 g/mol. The highest BCUT2D eigenvalue weighted by atomic mass is 32.2. The van der Waals surface area contributed by atoms with Crippen molar-refractivity contribution in [3.63, 3.8) is 0 Å². The Morgan fingerprint density at radius 2 is 2.00 bits per heavy atom. The van der Waals surface area contributed by atoms with Crippen LogP contribution in [0.2, 0.25) is 0 Å². The summed E-state index contributed by atoms with van der Waals surface area (Å²) < 4.78 is 29.1. The second-order valence-electron chi connectivity index (χ2n) is 7.45. The number of sulfonamides is 1. The van der Waals surface area contributed by atoms with Crippen molar-refractivity contribution in [1.82, 2.24) is 23.9 Å². The number of imidazole rings is 1. The van der Waals surface area contributed by atoms with Crippen molar-refractivity contribution < 1.29 is 18.3 Å². The molecule has 1 amide bonds. The van der Waals surface area contributed by atoms with Crippen LogP contribution in [-0.2, 0) is 10.0 Å². The second kappa shape index (κ2) is 10.7. The van der Waals surface area contributed by atoms with Gasteiger partial charge in [-0.2, -0.15) is 4.31 Å². The van der Waals surface area contributed by atoms with Crippen LogP contribution in [0.4, 0.5) is 0 Å². The third-order valence-corrected chi connectivity index (χ3v) is 7.29. The van der Waals surface area contributed by atoms with Crippen molar-refractivity contribution in [1.29, 1.82) is 0 Å². The lowest BCUT2D eigenvalue weighted by Crippen LogP contribution is -2.49. The average Bonchev–Trinajstić information content (AvgIpc) is 3.26. The molecule has 2 N–H and O–H groups in total. The summed E-state index contributed by atoms with van der Waals surface area (Å²) in [5, 5.41) is 11.8. The van der Waals surface area contributed by atoms with Gasteiger partial charge in [0.25, 0.3) is 5.91 Å². The standard InChI is InChI=1S/C22H29N5O4S/c1-3-20(32(30,31)27-12-10-25(11-13-27)14-15-28)6-4-18(2)16-24-22(29)19-5-7-21-23-8-9-26(21)17-19/h3-9,17,28H,2,10-16H2,1H3,(H,24,29). The summed E-state index contributed by atoms with van der Waals surface area (Å²) in [6, 6.07) is 3.46. The third kappa shape index (κ3) is 5.71. The molecule has 0 saturated carbocycles. The van der Waals surface area contributed by atoms with Crippen LogP contribution in [0.25, 0.3) is 5.65 Å². The second-order valence-corrected chi connectivity index (χ2v) is 9.38. The Bertz CT molecular complexity index is 1130. The number of β-amino-alcohol motifs (C(OH)–C–C–N with tert-alkyl or cyclic N) is 1. The molecule has 0 atom stereocenters. The van der Waals surface area contributed by atoms with Crippen LogP contribution < -0.4 is 5.32 Å². The molecule has 0 spiro atoms. The van der Waals surface area contributed by atoms with Crippen LogP contribution >= 0.6 is 0 Å². The Morgan fingerprint density at radius 3 is 2.69 bits per heavy atom. The van der Waals surface area contributed by atoms with Crippen molar-refractivity contribution in [3.8, 4) is 0 Å². The molecule has 0 unspecified atom stereocenters. The number of nitrogens with zero attached hydrogens (tertiary/aromatic N) is 4. The number of carbonyl (C=O) groups is 1. The monoisotopic (exact) mass is 459 g/mol. The summed E-state index contributed by atoms with van der Waals surface area (Å²) in [7, 11) is -3.62. The van der Waals surface area contributed by atoms with Crippen LogP contribution in [0.15, 0.2) is 66.0 Å². The minimum atomic E-state index is -3.62. The Labute approximate surface area is 188 Å². The van der Waals surface area contributed by atoms with E-state index in [0.717, 1.165) is 5.65 Å². The van der Waals surface area contributed by atoms with Crippen molar-refractivity contribution in [3.05, 3.63) is 71.6 Å². The van der Waals surface area contributed by atoms with E-state index in [1.54, 1.807) is 54.2 Å². The summed E-state index contributed by atoms with van der Waals surface area (Å²) >= 11 is 0. The van der Waals surface area contributed by atoms with E-state index in [0.29, 0.717) is 43.9 Å². The number of nitrogens with one attached hydrogen (secondary N) is 1. The number of piperazine rings is 1. The first-order chi connectivity index (χ1) is 15.3. The lowest BCUT2D eigenvalue weighted by molar-refractivity contribution is 0.0957. The SMILES string of the molecule is C=C(C=CC(=CC)S(=O)(=O)N1CCN(CCO)CC1)CNC(=O)c1ccc2nccn2c1. The summed E-state index contributed by atoms with van der Waals surface area (Å²) in [6.45, 7) is 8.32. The lowest BCUT2D eigenvalue weighted by atomic mass is 10.2. The number of pyridine rings is 1. The van der Waals surface area contributed by atoms with E-state index >= 15 is 0 Å². The van der Waals surface area contributed by atoms with Gasteiger partial charge in [-0.05, 0) is 30.7 Å². The minimum absolute atomic E-state index is 0.0619. The number of amides is 1. The molecule has 1 aliphatic rings. The molecule has 32 heavy (non-hydrogen) atoms. The van der Waals surface area contributed by atoms with E-state index in [1.807, 2.05) is 4.90 Å². The van der Waals surface area contributed by atoms with E-state index in [1.165, 1.54) is 10.4 Å². The van der Waals surface area contributed by atoms with Gasteiger partial charge in [0, 0.05) is 57.9 Å². The molecule has 10 heteroatoms. The largest absolute Gasteiger partial charge is 0.395 e. The predicted octanol–water partition coefficient (Wildman–Crippen LogP) is 1.02. The maximum Gasteiger partial charge on any atom is 0.253 e. The fourth-order valence-electron chi connectivity index (χ4n) is 3.42. The van der Waals surface area contributed by atoms with Crippen LogP contribution in [-0.4, -0.2) is 83.9 Å². The van der Waals surface area contributed by atoms with Gasteiger partial charge in [0.2, 0.25) is 10.0 Å². The van der Waals surface area contributed by atoms with Gasteiger partial charge in [-0.1, -0.05) is 18.7 Å². The van der Waals surface area contributed by atoms with Crippen LogP contribution in [0, 0.1) is 0 Å². The summed E-state index contributed by atoms with van der Waals surface area (Å²) in [5.41, 5.74) is 1.82. The number of rotatable bonds is 9. The molecule has 9 nitrogen and oxygen atoms in total. The lowest BCUT2D eigenvalue weighted by Gasteiger charge is -2.33.